The van der Waals surface area contributed by atoms with Crippen LogP contribution in [0.25, 0.3) is 10.9 Å². The van der Waals surface area contributed by atoms with Crippen LogP contribution in [-0.4, -0.2) is 29.0 Å². The van der Waals surface area contributed by atoms with E-state index >= 15 is 0 Å². The molecule has 0 amide bonds. The van der Waals surface area contributed by atoms with Gasteiger partial charge in [-0.3, -0.25) is 4.57 Å². The zero-order valence-electron chi connectivity index (χ0n) is 18.3. The van der Waals surface area contributed by atoms with E-state index in [1.54, 1.807) is 32.0 Å². The highest BCUT2D eigenvalue weighted by Crippen LogP contribution is 2.47. The highest BCUT2D eigenvalue weighted by atomic mass is 79.9. The molecule has 33 heavy (non-hydrogen) atoms. The minimum atomic E-state index is -3.50. The van der Waals surface area contributed by atoms with Crippen molar-refractivity contribution in [1.29, 1.82) is 0 Å². The van der Waals surface area contributed by atoms with Crippen molar-refractivity contribution in [2.75, 3.05) is 13.2 Å². The first-order valence-corrected chi connectivity index (χ1v) is 12.9. The Kier molecular flexibility index (Phi) is 7.15. The van der Waals surface area contributed by atoms with E-state index in [0.29, 0.717) is 27.5 Å². The Balaban J connectivity index is 1.95. The van der Waals surface area contributed by atoms with E-state index < -0.39 is 7.60 Å². The standard InChI is InChI=1S/C25H24BrN2O4P/c1-3-31-33(30,32-4-2)20-14-15-22-21(16-20)23(25(29)28-22)24(17-8-6-5-7-9-17)27-19-12-10-18(26)11-13-19/h5-16,28-29H,3-4H2,1-2H3. The molecule has 6 nitrogen and oxygen atoms in total. The summed E-state index contributed by atoms with van der Waals surface area (Å²) in [5.41, 5.74) is 3.35. The van der Waals surface area contributed by atoms with Gasteiger partial charge in [0.25, 0.3) is 0 Å². The summed E-state index contributed by atoms with van der Waals surface area (Å²) in [4.78, 5) is 7.88. The topological polar surface area (TPSA) is 83.9 Å². The van der Waals surface area contributed by atoms with Gasteiger partial charge in [-0.05, 0) is 56.3 Å². The van der Waals surface area contributed by atoms with E-state index in [1.165, 1.54) is 0 Å². The molecule has 0 aliphatic carbocycles. The molecule has 0 unspecified atom stereocenters. The normalized spacial score (nSPS) is 12.4. The average Bonchev–Trinajstić information content (AvgIpc) is 3.14. The van der Waals surface area contributed by atoms with Gasteiger partial charge in [0.15, 0.2) is 5.88 Å². The van der Waals surface area contributed by atoms with Gasteiger partial charge < -0.3 is 19.1 Å². The van der Waals surface area contributed by atoms with Crippen LogP contribution in [-0.2, 0) is 13.6 Å². The number of aliphatic imine (C=N–C) groups is 1. The van der Waals surface area contributed by atoms with E-state index in [-0.39, 0.29) is 19.1 Å². The lowest BCUT2D eigenvalue weighted by molar-refractivity contribution is 0.230. The Morgan fingerprint density at radius 1 is 1.00 bits per heavy atom. The van der Waals surface area contributed by atoms with Crippen LogP contribution in [0.15, 0.2) is 82.3 Å². The molecule has 4 aromatic rings. The molecule has 4 rings (SSSR count). The van der Waals surface area contributed by atoms with Crippen LogP contribution >= 0.6 is 23.5 Å². The highest BCUT2D eigenvalue weighted by Gasteiger charge is 2.28. The van der Waals surface area contributed by atoms with Gasteiger partial charge in [0.1, 0.15) is 0 Å². The predicted molar refractivity (Wildman–Crippen MR) is 136 cm³/mol. The maximum Gasteiger partial charge on any atom is 0.361 e. The molecule has 1 aromatic heterocycles. The fraction of sp³-hybridized carbons (Fsp3) is 0.160. The number of aromatic amines is 1. The van der Waals surface area contributed by atoms with Gasteiger partial charge in [-0.25, -0.2) is 4.99 Å². The summed E-state index contributed by atoms with van der Waals surface area (Å²) >= 11 is 3.45. The second-order valence-electron chi connectivity index (χ2n) is 7.21. The number of aromatic hydroxyl groups is 1. The zero-order valence-corrected chi connectivity index (χ0v) is 20.8. The van der Waals surface area contributed by atoms with Crippen LogP contribution in [0.4, 0.5) is 5.69 Å². The third-order valence-corrected chi connectivity index (χ3v) is 7.66. The second kappa shape index (κ2) is 10.1. The molecule has 8 heteroatoms. The lowest BCUT2D eigenvalue weighted by Crippen LogP contribution is -2.11. The molecule has 1 heterocycles. The van der Waals surface area contributed by atoms with Crippen molar-refractivity contribution in [3.63, 3.8) is 0 Å². The summed E-state index contributed by atoms with van der Waals surface area (Å²) in [6.45, 7) is 4.05. The smallest absolute Gasteiger partial charge is 0.361 e. The number of halogens is 1. The van der Waals surface area contributed by atoms with E-state index in [4.69, 9.17) is 14.0 Å². The second-order valence-corrected chi connectivity index (χ2v) is 10.2. The molecule has 0 saturated carbocycles. The van der Waals surface area contributed by atoms with Crippen LogP contribution in [0.2, 0.25) is 0 Å². The largest absolute Gasteiger partial charge is 0.494 e. The van der Waals surface area contributed by atoms with Crippen LogP contribution < -0.4 is 5.30 Å². The third-order valence-electron chi connectivity index (χ3n) is 5.03. The monoisotopic (exact) mass is 526 g/mol. The van der Waals surface area contributed by atoms with Crippen LogP contribution in [0, 0.1) is 0 Å². The Morgan fingerprint density at radius 3 is 2.30 bits per heavy atom. The number of benzene rings is 3. The minimum absolute atomic E-state index is 0.0236. The zero-order chi connectivity index (χ0) is 23.4. The number of H-pyrrole nitrogens is 1. The Morgan fingerprint density at radius 2 is 1.67 bits per heavy atom. The molecule has 0 radical (unpaired) electrons. The summed E-state index contributed by atoms with van der Waals surface area (Å²) in [7, 11) is -3.50. The van der Waals surface area contributed by atoms with Crippen LogP contribution in [0.5, 0.6) is 5.88 Å². The van der Waals surface area contributed by atoms with Crippen molar-refractivity contribution < 1.29 is 18.7 Å². The van der Waals surface area contributed by atoms with Gasteiger partial charge in [-0.2, -0.15) is 0 Å². The first-order chi connectivity index (χ1) is 15.9. The highest BCUT2D eigenvalue weighted by molar-refractivity contribution is 9.10. The molecule has 0 atom stereocenters. The van der Waals surface area contributed by atoms with Crippen LogP contribution in [0.1, 0.15) is 25.0 Å². The van der Waals surface area contributed by atoms with Crippen molar-refractivity contribution in [1.82, 2.24) is 4.98 Å². The number of hydrogen-bond acceptors (Lipinski definition) is 5. The molecule has 0 fully saturated rings. The summed E-state index contributed by atoms with van der Waals surface area (Å²) in [5, 5.41) is 12.0. The summed E-state index contributed by atoms with van der Waals surface area (Å²) < 4.78 is 25.4. The molecule has 0 bridgehead atoms. The third kappa shape index (κ3) is 4.97. The van der Waals surface area contributed by atoms with Gasteiger partial charge in [-0.1, -0.05) is 46.3 Å². The van der Waals surface area contributed by atoms with E-state index in [9.17, 15) is 9.67 Å². The quantitative estimate of drug-likeness (QED) is 0.197. The van der Waals surface area contributed by atoms with Crippen molar-refractivity contribution in [3.05, 3.63) is 88.4 Å². The summed E-state index contributed by atoms with van der Waals surface area (Å²) in [6.07, 6.45) is 0. The number of nitrogens with one attached hydrogen (secondary N) is 1. The molecule has 3 aromatic carbocycles. The predicted octanol–water partition coefficient (Wildman–Crippen LogP) is 6.70. The van der Waals surface area contributed by atoms with Gasteiger partial charge in [-0.15, -0.1) is 0 Å². The molecular formula is C25H24BrN2O4P. The average molecular weight is 527 g/mol. The Bertz CT molecular complexity index is 1320. The first-order valence-electron chi connectivity index (χ1n) is 10.6. The van der Waals surface area contributed by atoms with E-state index in [1.807, 2.05) is 54.6 Å². The van der Waals surface area contributed by atoms with Crippen LogP contribution in [0.3, 0.4) is 0 Å². The van der Waals surface area contributed by atoms with Gasteiger partial charge in [0, 0.05) is 20.9 Å². The maximum absolute atomic E-state index is 13.4. The van der Waals surface area contributed by atoms with Crippen molar-refractivity contribution >= 4 is 51.1 Å². The fourth-order valence-electron chi connectivity index (χ4n) is 3.61. The van der Waals surface area contributed by atoms with Gasteiger partial charge >= 0.3 is 7.60 Å². The summed E-state index contributed by atoms with van der Waals surface area (Å²) in [6, 6.07) is 22.4. The van der Waals surface area contributed by atoms with Crippen molar-refractivity contribution in [2.24, 2.45) is 4.99 Å². The Labute approximate surface area is 201 Å². The van der Waals surface area contributed by atoms with Gasteiger partial charge in [0.2, 0.25) is 0 Å². The first kappa shape index (κ1) is 23.5. The lowest BCUT2D eigenvalue weighted by Gasteiger charge is -2.17. The number of hydrogen-bond donors (Lipinski definition) is 2. The molecular weight excluding hydrogens is 503 g/mol. The number of fused-ring (bicyclic) bond motifs is 1. The minimum Gasteiger partial charge on any atom is -0.494 e. The number of aromatic nitrogens is 1. The lowest BCUT2D eigenvalue weighted by atomic mass is 10.0. The summed E-state index contributed by atoms with van der Waals surface area (Å²) in [5.74, 6) is -0.0236. The SMILES string of the molecule is CCOP(=O)(OCC)c1ccc2[nH]c(O)c(C(=Nc3ccc(Br)cc3)c3ccccc3)c2c1. The number of nitrogens with zero attached hydrogens (tertiary/aromatic N) is 1. The van der Waals surface area contributed by atoms with E-state index in [0.717, 1.165) is 15.7 Å². The fourth-order valence-corrected chi connectivity index (χ4v) is 5.47. The van der Waals surface area contributed by atoms with E-state index in [2.05, 4.69) is 20.9 Å². The molecule has 2 N–H and O–H groups in total. The number of rotatable bonds is 8. The Hall–Kier alpha value is -2.70. The molecule has 0 aliphatic heterocycles. The molecule has 170 valence electrons. The molecule has 0 saturated heterocycles. The maximum atomic E-state index is 13.4. The van der Waals surface area contributed by atoms with Gasteiger partial charge in [0.05, 0.1) is 35.5 Å². The molecule has 0 spiro atoms. The van der Waals surface area contributed by atoms with Crippen molar-refractivity contribution in [2.45, 2.75) is 13.8 Å². The molecule has 0 aliphatic rings. The van der Waals surface area contributed by atoms with Crippen molar-refractivity contribution in [3.8, 4) is 5.88 Å².